The topological polar surface area (TPSA) is 40.5 Å². The van der Waals surface area contributed by atoms with Gasteiger partial charge >= 0.3 is 0 Å². The van der Waals surface area contributed by atoms with E-state index in [4.69, 9.17) is 11.6 Å². The summed E-state index contributed by atoms with van der Waals surface area (Å²) in [6, 6.07) is 0. The van der Waals surface area contributed by atoms with Crippen LogP contribution in [0.4, 0.5) is 0 Å². The van der Waals surface area contributed by atoms with Crippen LogP contribution >= 0.6 is 0 Å². The highest BCUT2D eigenvalue weighted by molar-refractivity contribution is 4.30. The maximum Gasteiger partial charge on any atom is 0.0431 e. The molecule has 0 saturated carbocycles. The van der Waals surface area contributed by atoms with Crippen molar-refractivity contribution in [2.75, 3.05) is 13.2 Å². The number of rotatable bonds is 3. The van der Waals surface area contributed by atoms with E-state index in [0.29, 0.717) is 6.42 Å². The number of aliphatic hydroxyl groups is 2. The van der Waals surface area contributed by atoms with Crippen molar-refractivity contribution in [3.8, 4) is 0 Å². The molecule has 0 heterocycles. The first-order chi connectivity index (χ1) is 3.31. The van der Waals surface area contributed by atoms with Gasteiger partial charge in [0.2, 0.25) is 0 Å². The highest BCUT2D eigenvalue weighted by atomic mass is 16.3. The van der Waals surface area contributed by atoms with Crippen molar-refractivity contribution in [1.82, 2.24) is 0 Å². The Balaban J connectivity index is 2.83. The van der Waals surface area contributed by atoms with E-state index < -0.39 is 6.40 Å². The SMILES string of the molecule is [2H][C@@H](CO)CCO. The number of aliphatic hydroxyl groups excluding tert-OH is 2. The largest absolute Gasteiger partial charge is 0.396 e. The zero-order valence-corrected chi connectivity index (χ0v) is 3.59. The van der Waals surface area contributed by atoms with Crippen LogP contribution in [0.2, 0.25) is 0 Å². The molecule has 0 rings (SSSR count). The Kier molecular flexibility index (Phi) is 3.35. The molecule has 2 nitrogen and oxygen atoms in total. The van der Waals surface area contributed by atoms with Crippen LogP contribution in [0.1, 0.15) is 14.2 Å². The lowest BCUT2D eigenvalue weighted by atomic mass is 10.3. The van der Waals surface area contributed by atoms with E-state index in [1.807, 2.05) is 0 Å². The van der Waals surface area contributed by atoms with Crippen molar-refractivity contribution in [3.63, 3.8) is 0 Å². The Bertz CT molecular complexity index is 40.7. The fraction of sp³-hybridized carbons (Fsp3) is 1.00. The van der Waals surface area contributed by atoms with Crippen LogP contribution in [0.5, 0.6) is 0 Å². The maximum absolute atomic E-state index is 8.17. The molecule has 0 amide bonds. The van der Waals surface area contributed by atoms with Crippen LogP contribution in [0.25, 0.3) is 0 Å². The number of hydrogen-bond donors (Lipinski definition) is 2. The van der Waals surface area contributed by atoms with E-state index in [1.165, 1.54) is 0 Å². The van der Waals surface area contributed by atoms with Crippen molar-refractivity contribution >= 4 is 0 Å². The third kappa shape index (κ3) is 3.92. The van der Waals surface area contributed by atoms with Crippen LogP contribution in [-0.2, 0) is 0 Å². The molecule has 0 aromatic heterocycles. The molecule has 1 atom stereocenters. The summed E-state index contributed by atoms with van der Waals surface area (Å²) < 4.78 is 6.81. The quantitative estimate of drug-likeness (QED) is 0.503. The first kappa shape index (κ1) is 4.09. The molecule has 38 valence electrons. The Morgan fingerprint density at radius 2 is 2.00 bits per heavy atom. The van der Waals surface area contributed by atoms with Crippen molar-refractivity contribution in [1.29, 1.82) is 0 Å². The molecule has 2 heteroatoms. The molecule has 6 heavy (non-hydrogen) atoms. The van der Waals surface area contributed by atoms with E-state index in [1.54, 1.807) is 0 Å². The molecule has 0 unspecified atom stereocenters. The van der Waals surface area contributed by atoms with Gasteiger partial charge < -0.3 is 10.2 Å². The van der Waals surface area contributed by atoms with E-state index >= 15 is 0 Å². The Morgan fingerprint density at radius 3 is 2.17 bits per heavy atom. The predicted molar refractivity (Wildman–Crippen MR) is 23.4 cm³/mol. The zero-order valence-electron chi connectivity index (χ0n) is 4.59. The van der Waals surface area contributed by atoms with Crippen LogP contribution in [0.15, 0.2) is 0 Å². The fourth-order valence-electron chi connectivity index (χ4n) is 0.183. The molecular formula is C4H10O2. The van der Waals surface area contributed by atoms with Crippen molar-refractivity contribution in [3.05, 3.63) is 0 Å². The minimum atomic E-state index is -0.495. The normalized spacial score (nSPS) is 16.7. The third-order valence-electron chi connectivity index (χ3n) is 0.462. The Labute approximate surface area is 38.8 Å². The van der Waals surface area contributed by atoms with Gasteiger partial charge in [-0.3, -0.25) is 0 Å². The van der Waals surface area contributed by atoms with Crippen molar-refractivity contribution in [2.24, 2.45) is 0 Å². The first-order valence-electron chi connectivity index (χ1n) is 2.53. The van der Waals surface area contributed by atoms with Crippen LogP contribution in [0, 0.1) is 0 Å². The van der Waals surface area contributed by atoms with Gasteiger partial charge in [-0.25, -0.2) is 0 Å². The summed E-state index contributed by atoms with van der Waals surface area (Å²) in [7, 11) is 0. The minimum absolute atomic E-state index is 0.00523. The highest BCUT2D eigenvalue weighted by Gasteiger charge is 1.77. The molecular weight excluding hydrogens is 80.0 g/mol. The first-order valence-corrected chi connectivity index (χ1v) is 1.95. The average Bonchev–Trinajstić information content (AvgIpc) is 1.68. The standard InChI is InChI=1S/C4H10O2/c5-3-1-2-4-6/h5-6H,1-4H2/i1D/t1-/m1/s1. The second kappa shape index (κ2) is 4.92. The summed E-state index contributed by atoms with van der Waals surface area (Å²) in [6.45, 7) is -0.157. The van der Waals surface area contributed by atoms with Crippen LogP contribution in [0.3, 0.4) is 0 Å². The molecule has 0 aliphatic carbocycles. The summed E-state index contributed by atoms with van der Waals surface area (Å²) in [4.78, 5) is 0. The van der Waals surface area contributed by atoms with Gasteiger partial charge in [-0.15, -0.1) is 0 Å². The molecule has 0 aromatic rings. The summed E-state index contributed by atoms with van der Waals surface area (Å²) >= 11 is 0. The molecule has 0 fully saturated rings. The van der Waals surface area contributed by atoms with E-state index in [-0.39, 0.29) is 13.2 Å². The summed E-state index contributed by atoms with van der Waals surface area (Å²) in [5, 5.41) is 16.3. The minimum Gasteiger partial charge on any atom is -0.396 e. The molecule has 0 saturated heterocycles. The summed E-state index contributed by atoms with van der Waals surface area (Å²) in [6.07, 6.45) is -0.124. The Morgan fingerprint density at radius 1 is 1.33 bits per heavy atom. The van der Waals surface area contributed by atoms with Gasteiger partial charge in [0.05, 0.1) is 0 Å². The van der Waals surface area contributed by atoms with Gasteiger partial charge in [0.25, 0.3) is 0 Å². The van der Waals surface area contributed by atoms with Gasteiger partial charge in [-0.05, 0) is 12.8 Å². The molecule has 0 aliphatic heterocycles. The second-order valence-corrected chi connectivity index (χ2v) is 0.984. The maximum atomic E-state index is 8.17. The number of hydrogen-bond acceptors (Lipinski definition) is 2. The van der Waals surface area contributed by atoms with Gasteiger partial charge in [-0.1, -0.05) is 0 Å². The predicted octanol–water partition coefficient (Wildman–Crippen LogP) is -0.249. The molecule has 0 radical (unpaired) electrons. The molecule has 0 aliphatic rings. The smallest absolute Gasteiger partial charge is 0.0431 e. The lowest BCUT2D eigenvalue weighted by Gasteiger charge is -1.85. The van der Waals surface area contributed by atoms with E-state index in [9.17, 15) is 0 Å². The third-order valence-corrected chi connectivity index (χ3v) is 0.462. The van der Waals surface area contributed by atoms with Gasteiger partial charge in [0.1, 0.15) is 0 Å². The second-order valence-electron chi connectivity index (χ2n) is 0.984. The zero-order chi connectivity index (χ0) is 5.70. The molecule has 2 N–H and O–H groups in total. The molecule has 0 aromatic carbocycles. The average molecular weight is 91.1 g/mol. The molecule has 0 spiro atoms. The fourth-order valence-corrected chi connectivity index (χ4v) is 0.183. The van der Waals surface area contributed by atoms with E-state index in [2.05, 4.69) is 0 Å². The van der Waals surface area contributed by atoms with Gasteiger partial charge in [-0.2, -0.15) is 0 Å². The van der Waals surface area contributed by atoms with E-state index in [0.717, 1.165) is 0 Å². The van der Waals surface area contributed by atoms with Crippen LogP contribution in [-0.4, -0.2) is 23.4 Å². The Hall–Kier alpha value is -0.0800. The lowest BCUT2D eigenvalue weighted by Crippen LogP contribution is -1.85. The lowest BCUT2D eigenvalue weighted by molar-refractivity contribution is 0.242. The van der Waals surface area contributed by atoms with Crippen LogP contribution < -0.4 is 0 Å². The van der Waals surface area contributed by atoms with Crippen molar-refractivity contribution in [2.45, 2.75) is 12.8 Å². The van der Waals surface area contributed by atoms with Gasteiger partial charge in [0, 0.05) is 14.6 Å². The monoisotopic (exact) mass is 91.1 g/mol. The molecule has 0 bridgehead atoms. The highest BCUT2D eigenvalue weighted by Crippen LogP contribution is 1.80. The van der Waals surface area contributed by atoms with Crippen molar-refractivity contribution < 1.29 is 11.6 Å². The summed E-state index contributed by atoms with van der Waals surface area (Å²) in [5.41, 5.74) is 0. The summed E-state index contributed by atoms with van der Waals surface area (Å²) in [5.74, 6) is 0. The van der Waals surface area contributed by atoms with Gasteiger partial charge in [0.15, 0.2) is 0 Å².